The van der Waals surface area contributed by atoms with E-state index in [0.29, 0.717) is 0 Å². The Morgan fingerprint density at radius 3 is 1.71 bits per heavy atom. The summed E-state index contributed by atoms with van der Waals surface area (Å²) in [5.74, 6) is 0.866. The highest BCUT2D eigenvalue weighted by molar-refractivity contribution is 5.43. The summed E-state index contributed by atoms with van der Waals surface area (Å²) in [5, 5.41) is 3.90. The SMILES string of the molecule is Cc1nc(C)c2c(n1)C(C)(C)C(C)(C)NC(C)(C)C2(C)C. The molecule has 0 spiro atoms. The molecular formula is C18H31N3. The quantitative estimate of drug-likeness (QED) is 0.789. The van der Waals surface area contributed by atoms with Gasteiger partial charge in [-0.1, -0.05) is 27.7 Å². The highest BCUT2D eigenvalue weighted by Crippen LogP contribution is 2.48. The number of hydrogen-bond acceptors (Lipinski definition) is 3. The van der Waals surface area contributed by atoms with E-state index in [4.69, 9.17) is 4.98 Å². The second-order valence-electron chi connectivity index (χ2n) is 8.70. The molecule has 0 aromatic carbocycles. The zero-order chi connectivity index (χ0) is 16.4. The van der Waals surface area contributed by atoms with Gasteiger partial charge in [0, 0.05) is 33.2 Å². The van der Waals surface area contributed by atoms with Crippen molar-refractivity contribution < 1.29 is 0 Å². The standard InChI is InChI=1S/C18H31N3/c1-11-13-14(20-12(2)19-11)16(5,6)18(9,10)21-17(7,8)15(13,3)4/h21H,1-10H3. The average Bonchev–Trinajstić information content (AvgIpc) is 2.26. The second kappa shape index (κ2) is 4.28. The Kier molecular flexibility index (Phi) is 3.35. The summed E-state index contributed by atoms with van der Waals surface area (Å²) in [5.41, 5.74) is 3.37. The van der Waals surface area contributed by atoms with Crippen LogP contribution in [0, 0.1) is 13.8 Å². The highest BCUT2D eigenvalue weighted by atomic mass is 15.1. The Bertz CT molecular complexity index is 580. The zero-order valence-electron chi connectivity index (χ0n) is 15.4. The smallest absolute Gasteiger partial charge is 0.125 e. The first-order valence-electron chi connectivity index (χ1n) is 7.89. The fourth-order valence-electron chi connectivity index (χ4n) is 3.62. The molecule has 0 bridgehead atoms. The molecule has 0 saturated heterocycles. The van der Waals surface area contributed by atoms with E-state index in [0.717, 1.165) is 11.5 Å². The lowest BCUT2D eigenvalue weighted by molar-refractivity contribution is 0.145. The van der Waals surface area contributed by atoms with E-state index in [-0.39, 0.29) is 21.9 Å². The van der Waals surface area contributed by atoms with Crippen LogP contribution in [0.25, 0.3) is 0 Å². The minimum Gasteiger partial charge on any atom is -0.305 e. The Morgan fingerprint density at radius 1 is 0.714 bits per heavy atom. The van der Waals surface area contributed by atoms with E-state index in [1.807, 2.05) is 6.92 Å². The van der Waals surface area contributed by atoms with Gasteiger partial charge in [-0.05, 0) is 41.5 Å². The first kappa shape index (κ1) is 16.4. The molecule has 21 heavy (non-hydrogen) atoms. The van der Waals surface area contributed by atoms with Crippen LogP contribution in [-0.4, -0.2) is 21.0 Å². The lowest BCUT2D eigenvalue weighted by Gasteiger charge is -2.47. The molecule has 2 rings (SSSR count). The fraction of sp³-hybridized carbons (Fsp3) is 0.778. The molecule has 3 nitrogen and oxygen atoms in total. The molecule has 118 valence electrons. The summed E-state index contributed by atoms with van der Waals surface area (Å²) in [6.45, 7) is 22.5. The summed E-state index contributed by atoms with van der Waals surface area (Å²) in [7, 11) is 0. The largest absolute Gasteiger partial charge is 0.305 e. The van der Waals surface area contributed by atoms with Crippen LogP contribution in [0.2, 0.25) is 0 Å². The first-order chi connectivity index (χ1) is 9.24. The van der Waals surface area contributed by atoms with E-state index < -0.39 is 0 Å². The molecule has 2 heterocycles. The van der Waals surface area contributed by atoms with Crippen molar-refractivity contribution in [1.29, 1.82) is 0 Å². The minimum atomic E-state index is -0.0775. The topological polar surface area (TPSA) is 37.8 Å². The number of hydrogen-bond donors (Lipinski definition) is 1. The molecule has 0 unspecified atom stereocenters. The monoisotopic (exact) mass is 289 g/mol. The molecule has 3 heteroatoms. The van der Waals surface area contributed by atoms with Gasteiger partial charge in [-0.25, -0.2) is 9.97 Å². The predicted molar refractivity (Wildman–Crippen MR) is 88.9 cm³/mol. The van der Waals surface area contributed by atoms with Gasteiger partial charge in [0.2, 0.25) is 0 Å². The van der Waals surface area contributed by atoms with Gasteiger partial charge in [0.05, 0.1) is 5.69 Å². The maximum atomic E-state index is 4.89. The first-order valence-corrected chi connectivity index (χ1v) is 7.89. The van der Waals surface area contributed by atoms with E-state index in [1.165, 1.54) is 11.3 Å². The van der Waals surface area contributed by atoms with Crippen molar-refractivity contribution in [3.05, 3.63) is 22.8 Å². The van der Waals surface area contributed by atoms with Crippen molar-refractivity contribution in [3.8, 4) is 0 Å². The Morgan fingerprint density at radius 2 is 1.19 bits per heavy atom. The van der Waals surface area contributed by atoms with Gasteiger partial charge in [0.15, 0.2) is 0 Å². The molecule has 1 N–H and O–H groups in total. The number of aromatic nitrogens is 2. The number of fused-ring (bicyclic) bond motifs is 1. The normalized spacial score (nSPS) is 25.0. The van der Waals surface area contributed by atoms with Crippen LogP contribution in [0.5, 0.6) is 0 Å². The molecule has 0 saturated carbocycles. The van der Waals surface area contributed by atoms with Crippen LogP contribution in [0.15, 0.2) is 0 Å². The van der Waals surface area contributed by atoms with Crippen molar-refractivity contribution in [2.24, 2.45) is 0 Å². The van der Waals surface area contributed by atoms with Gasteiger partial charge in [-0.3, -0.25) is 0 Å². The molecule has 0 atom stereocenters. The van der Waals surface area contributed by atoms with Crippen molar-refractivity contribution in [2.75, 3.05) is 0 Å². The number of nitrogens with one attached hydrogen (secondary N) is 1. The Balaban J connectivity index is 2.94. The number of nitrogens with zero attached hydrogens (tertiary/aromatic N) is 2. The Labute approximate surface area is 130 Å². The third kappa shape index (κ3) is 2.12. The lowest BCUT2D eigenvalue weighted by atomic mass is 9.67. The van der Waals surface area contributed by atoms with Crippen LogP contribution in [0.3, 0.4) is 0 Å². The minimum absolute atomic E-state index is 0.0504. The molecule has 1 aliphatic heterocycles. The molecule has 0 radical (unpaired) electrons. The molecule has 0 fully saturated rings. The average molecular weight is 289 g/mol. The van der Waals surface area contributed by atoms with E-state index in [1.54, 1.807) is 0 Å². The van der Waals surface area contributed by atoms with Crippen LogP contribution < -0.4 is 5.32 Å². The molecule has 1 aliphatic rings. The fourth-order valence-corrected chi connectivity index (χ4v) is 3.62. The summed E-state index contributed by atoms with van der Waals surface area (Å²) < 4.78 is 0. The number of aryl methyl sites for hydroxylation is 2. The summed E-state index contributed by atoms with van der Waals surface area (Å²) in [6.07, 6.45) is 0. The summed E-state index contributed by atoms with van der Waals surface area (Å²) >= 11 is 0. The zero-order valence-corrected chi connectivity index (χ0v) is 15.4. The van der Waals surface area contributed by atoms with Crippen molar-refractivity contribution in [1.82, 2.24) is 15.3 Å². The van der Waals surface area contributed by atoms with Crippen molar-refractivity contribution in [2.45, 2.75) is 91.1 Å². The molecular weight excluding hydrogens is 258 g/mol. The van der Waals surface area contributed by atoms with Crippen LogP contribution in [-0.2, 0) is 10.8 Å². The van der Waals surface area contributed by atoms with Crippen molar-refractivity contribution >= 4 is 0 Å². The molecule has 1 aromatic rings. The summed E-state index contributed by atoms with van der Waals surface area (Å²) in [4.78, 5) is 9.56. The third-order valence-corrected chi connectivity index (χ3v) is 6.17. The van der Waals surface area contributed by atoms with Gasteiger partial charge < -0.3 is 5.32 Å². The molecule has 0 amide bonds. The maximum absolute atomic E-state index is 4.89. The van der Waals surface area contributed by atoms with Gasteiger partial charge in [-0.15, -0.1) is 0 Å². The van der Waals surface area contributed by atoms with E-state index >= 15 is 0 Å². The van der Waals surface area contributed by atoms with Crippen LogP contribution in [0.1, 0.15) is 78.2 Å². The van der Waals surface area contributed by atoms with E-state index in [9.17, 15) is 0 Å². The Hall–Kier alpha value is -0.960. The highest BCUT2D eigenvalue weighted by Gasteiger charge is 2.54. The maximum Gasteiger partial charge on any atom is 0.125 e. The number of rotatable bonds is 0. The van der Waals surface area contributed by atoms with Gasteiger partial charge in [0.1, 0.15) is 5.82 Å². The van der Waals surface area contributed by atoms with Crippen molar-refractivity contribution in [3.63, 3.8) is 0 Å². The van der Waals surface area contributed by atoms with E-state index in [2.05, 4.69) is 72.6 Å². The van der Waals surface area contributed by atoms with Gasteiger partial charge in [0.25, 0.3) is 0 Å². The van der Waals surface area contributed by atoms with Crippen LogP contribution in [0.4, 0.5) is 0 Å². The molecule has 1 aromatic heterocycles. The van der Waals surface area contributed by atoms with Gasteiger partial charge >= 0.3 is 0 Å². The lowest BCUT2D eigenvalue weighted by Crippen LogP contribution is -2.63. The second-order valence-corrected chi connectivity index (χ2v) is 8.70. The summed E-state index contributed by atoms with van der Waals surface area (Å²) in [6, 6.07) is 0. The molecule has 0 aliphatic carbocycles. The predicted octanol–water partition coefficient (Wildman–Crippen LogP) is 3.81. The van der Waals surface area contributed by atoms with Gasteiger partial charge in [-0.2, -0.15) is 0 Å². The third-order valence-electron chi connectivity index (χ3n) is 6.17. The van der Waals surface area contributed by atoms with Crippen LogP contribution >= 0.6 is 0 Å².